The van der Waals surface area contributed by atoms with Gasteiger partial charge >= 0.3 is 12.1 Å². The second-order valence-corrected chi connectivity index (χ2v) is 8.69. The average Bonchev–Trinajstić information content (AvgIpc) is 2.54. The Morgan fingerprint density at radius 1 is 1.26 bits per heavy atom. The highest BCUT2D eigenvalue weighted by atomic mass is 16.6. The van der Waals surface area contributed by atoms with Gasteiger partial charge < -0.3 is 14.7 Å². The number of carbonyl (C=O) groups is 2. The van der Waals surface area contributed by atoms with E-state index in [2.05, 4.69) is 18.7 Å². The minimum atomic E-state index is -0.912. The zero-order valence-corrected chi connectivity index (χ0v) is 17.1. The monoisotopic (exact) mass is 376 g/mol. The molecule has 1 aliphatic rings. The molecule has 6 nitrogen and oxygen atoms in total. The van der Waals surface area contributed by atoms with Gasteiger partial charge in [-0.25, -0.2) is 9.59 Å². The second kappa shape index (κ2) is 8.74. The molecule has 1 aromatic carbocycles. The zero-order chi connectivity index (χ0) is 20.2. The molecule has 6 heteroatoms. The Morgan fingerprint density at radius 3 is 2.56 bits per heavy atom. The van der Waals surface area contributed by atoms with E-state index >= 15 is 0 Å². The molecule has 1 heterocycles. The molecule has 1 saturated heterocycles. The highest BCUT2D eigenvalue weighted by Gasteiger charge is 2.32. The molecular weight excluding hydrogens is 344 g/mol. The summed E-state index contributed by atoms with van der Waals surface area (Å²) >= 11 is 0. The maximum atomic E-state index is 12.4. The minimum absolute atomic E-state index is 0.222. The predicted octanol–water partition coefficient (Wildman–Crippen LogP) is 3.85. The van der Waals surface area contributed by atoms with Gasteiger partial charge in [-0.15, -0.1) is 0 Å². The molecule has 1 fully saturated rings. The molecule has 0 unspecified atom stereocenters. The number of aromatic carboxylic acids is 1. The van der Waals surface area contributed by atoms with Crippen molar-refractivity contribution >= 4 is 12.1 Å². The minimum Gasteiger partial charge on any atom is -0.478 e. The number of nitrogens with zero attached hydrogens (tertiary/aromatic N) is 2. The lowest BCUT2D eigenvalue weighted by Gasteiger charge is -2.42. The first-order valence-electron chi connectivity index (χ1n) is 9.59. The Kier molecular flexibility index (Phi) is 6.87. The molecule has 150 valence electrons. The van der Waals surface area contributed by atoms with E-state index in [4.69, 9.17) is 4.74 Å². The van der Waals surface area contributed by atoms with Gasteiger partial charge in [-0.2, -0.15) is 0 Å². The Hall–Kier alpha value is -2.08. The average molecular weight is 376 g/mol. The Morgan fingerprint density at radius 2 is 1.96 bits per heavy atom. The molecule has 1 amide bonds. The molecule has 2 rings (SSSR count). The molecule has 1 atom stereocenters. The third kappa shape index (κ3) is 6.54. The summed E-state index contributed by atoms with van der Waals surface area (Å²) in [5.74, 6) is -0.410. The lowest BCUT2D eigenvalue weighted by atomic mass is 9.99. The van der Waals surface area contributed by atoms with Crippen LogP contribution in [0.15, 0.2) is 24.3 Å². The van der Waals surface area contributed by atoms with Crippen LogP contribution in [0, 0.1) is 5.92 Å². The molecular formula is C21H32N2O4. The van der Waals surface area contributed by atoms with Crippen LogP contribution in [0.1, 0.15) is 57.0 Å². The third-order valence-electron chi connectivity index (χ3n) is 4.56. The van der Waals surface area contributed by atoms with Crippen molar-refractivity contribution in [3.8, 4) is 0 Å². The molecule has 1 aliphatic heterocycles. The molecule has 1 N–H and O–H groups in total. The predicted molar refractivity (Wildman–Crippen MR) is 105 cm³/mol. The number of ether oxygens (including phenoxy) is 1. The number of hydrogen-bond acceptors (Lipinski definition) is 4. The van der Waals surface area contributed by atoms with Gasteiger partial charge in [-0.1, -0.05) is 26.0 Å². The van der Waals surface area contributed by atoms with Gasteiger partial charge in [0.25, 0.3) is 0 Å². The van der Waals surface area contributed by atoms with E-state index in [0.717, 1.165) is 18.5 Å². The van der Waals surface area contributed by atoms with Crippen LogP contribution in [-0.4, -0.2) is 58.2 Å². The standard InChI is InChI=1S/C21H32N2O4/c1-15(2)11-18-14-23(20(26)27-21(3,4)5)10-9-22(18)13-16-7-6-8-17(12-16)19(24)25/h6-8,12,15,18H,9-11,13-14H2,1-5H3,(H,24,25)/t18-/m1/s1. The first-order valence-corrected chi connectivity index (χ1v) is 9.59. The van der Waals surface area contributed by atoms with Crippen LogP contribution in [0.5, 0.6) is 0 Å². The van der Waals surface area contributed by atoms with Crippen LogP contribution in [0.4, 0.5) is 4.79 Å². The van der Waals surface area contributed by atoms with E-state index in [9.17, 15) is 14.7 Å². The van der Waals surface area contributed by atoms with Crippen molar-refractivity contribution in [2.75, 3.05) is 19.6 Å². The van der Waals surface area contributed by atoms with E-state index in [1.807, 2.05) is 26.8 Å². The fourth-order valence-corrected chi connectivity index (χ4v) is 3.40. The Balaban J connectivity index is 2.09. The topological polar surface area (TPSA) is 70.1 Å². The van der Waals surface area contributed by atoms with Gasteiger partial charge in [-0.3, -0.25) is 4.90 Å². The SMILES string of the molecule is CC(C)C[C@@H]1CN(C(=O)OC(C)(C)C)CCN1Cc1cccc(C(=O)O)c1. The molecule has 0 radical (unpaired) electrons. The summed E-state index contributed by atoms with van der Waals surface area (Å²) in [6.45, 7) is 12.7. The van der Waals surface area contributed by atoms with E-state index in [1.165, 1.54) is 0 Å². The number of carbonyl (C=O) groups excluding carboxylic acids is 1. The summed E-state index contributed by atoms with van der Waals surface area (Å²) in [5.41, 5.74) is 0.786. The van der Waals surface area contributed by atoms with Crippen LogP contribution in [-0.2, 0) is 11.3 Å². The molecule has 0 saturated carbocycles. The van der Waals surface area contributed by atoms with E-state index < -0.39 is 11.6 Å². The van der Waals surface area contributed by atoms with Crippen LogP contribution in [0.3, 0.4) is 0 Å². The number of rotatable bonds is 5. The van der Waals surface area contributed by atoms with Crippen molar-refractivity contribution < 1.29 is 19.4 Å². The van der Waals surface area contributed by atoms with Crippen LogP contribution >= 0.6 is 0 Å². The lowest BCUT2D eigenvalue weighted by Crippen LogP contribution is -2.55. The second-order valence-electron chi connectivity index (χ2n) is 8.69. The number of amides is 1. The van der Waals surface area contributed by atoms with E-state index in [0.29, 0.717) is 31.1 Å². The van der Waals surface area contributed by atoms with Crippen molar-refractivity contribution in [3.63, 3.8) is 0 Å². The third-order valence-corrected chi connectivity index (χ3v) is 4.56. The van der Waals surface area contributed by atoms with E-state index in [-0.39, 0.29) is 12.1 Å². The first kappa shape index (κ1) is 21.2. The zero-order valence-electron chi connectivity index (χ0n) is 17.1. The summed E-state index contributed by atoms with van der Waals surface area (Å²) in [7, 11) is 0. The maximum Gasteiger partial charge on any atom is 0.410 e. The Labute approximate surface area is 162 Å². The summed E-state index contributed by atoms with van der Waals surface area (Å²) < 4.78 is 5.53. The van der Waals surface area contributed by atoms with Crippen LogP contribution in [0.25, 0.3) is 0 Å². The quantitative estimate of drug-likeness (QED) is 0.845. The van der Waals surface area contributed by atoms with Crippen molar-refractivity contribution in [1.82, 2.24) is 9.80 Å². The summed E-state index contributed by atoms with van der Waals surface area (Å²) in [5, 5.41) is 9.20. The number of benzene rings is 1. The van der Waals surface area contributed by atoms with E-state index in [1.54, 1.807) is 23.1 Å². The smallest absolute Gasteiger partial charge is 0.410 e. The van der Waals surface area contributed by atoms with Crippen molar-refractivity contribution in [2.24, 2.45) is 5.92 Å². The summed E-state index contributed by atoms with van der Waals surface area (Å²) in [6.07, 6.45) is 0.710. The van der Waals surface area contributed by atoms with Crippen molar-refractivity contribution in [1.29, 1.82) is 0 Å². The summed E-state index contributed by atoms with van der Waals surface area (Å²) in [6, 6.07) is 7.30. The number of carboxylic acids is 1. The highest BCUT2D eigenvalue weighted by Crippen LogP contribution is 2.22. The van der Waals surface area contributed by atoms with Gasteiger partial charge in [0.2, 0.25) is 0 Å². The molecule has 0 aliphatic carbocycles. The molecule has 1 aromatic rings. The van der Waals surface area contributed by atoms with Gasteiger partial charge in [-0.05, 0) is 50.8 Å². The van der Waals surface area contributed by atoms with Gasteiger partial charge in [0.15, 0.2) is 0 Å². The van der Waals surface area contributed by atoms with Gasteiger partial charge in [0, 0.05) is 32.2 Å². The highest BCUT2D eigenvalue weighted by molar-refractivity contribution is 5.87. The number of piperazine rings is 1. The van der Waals surface area contributed by atoms with Crippen LogP contribution < -0.4 is 0 Å². The summed E-state index contributed by atoms with van der Waals surface area (Å²) in [4.78, 5) is 27.8. The largest absolute Gasteiger partial charge is 0.478 e. The number of hydrogen-bond donors (Lipinski definition) is 1. The Bertz CT molecular complexity index is 666. The first-order chi connectivity index (χ1) is 12.5. The van der Waals surface area contributed by atoms with Gasteiger partial charge in [0.05, 0.1) is 5.56 Å². The molecule has 0 bridgehead atoms. The fraction of sp³-hybridized carbons (Fsp3) is 0.619. The lowest BCUT2D eigenvalue weighted by molar-refractivity contribution is -0.000369. The maximum absolute atomic E-state index is 12.4. The molecule has 27 heavy (non-hydrogen) atoms. The number of carboxylic acid groups (broad SMARTS) is 1. The van der Waals surface area contributed by atoms with Crippen molar-refractivity contribution in [2.45, 2.75) is 59.2 Å². The van der Waals surface area contributed by atoms with Crippen molar-refractivity contribution in [3.05, 3.63) is 35.4 Å². The van der Waals surface area contributed by atoms with Crippen LogP contribution in [0.2, 0.25) is 0 Å². The fourth-order valence-electron chi connectivity index (χ4n) is 3.40. The molecule has 0 spiro atoms. The molecule has 0 aromatic heterocycles. The normalized spacial score (nSPS) is 18.6. The van der Waals surface area contributed by atoms with Gasteiger partial charge in [0.1, 0.15) is 5.60 Å².